The number of nitrogens with two attached hydrogens (primary N) is 1. The lowest BCUT2D eigenvalue weighted by Gasteiger charge is -2.21. The number of nitrogen functional groups attached to an aromatic ring is 1. The highest BCUT2D eigenvalue weighted by Gasteiger charge is 2.23. The number of fused-ring (bicyclic) bond motifs is 1. The van der Waals surface area contributed by atoms with Crippen molar-refractivity contribution in [2.75, 3.05) is 24.9 Å². The van der Waals surface area contributed by atoms with Crippen LogP contribution in [0.15, 0.2) is 36.4 Å². The highest BCUT2D eigenvalue weighted by Crippen LogP contribution is 2.38. The van der Waals surface area contributed by atoms with Crippen LogP contribution in [0.25, 0.3) is 0 Å². The molecule has 0 atom stereocenters. The lowest BCUT2D eigenvalue weighted by atomic mass is 10.1. The fraction of sp³-hybridized carbons (Fsp3) is 0.250. The van der Waals surface area contributed by atoms with Gasteiger partial charge in [-0.25, -0.2) is 0 Å². The Morgan fingerprint density at radius 3 is 2.60 bits per heavy atom. The molecule has 0 radical (unpaired) electrons. The molecule has 2 aromatic rings. The molecular weight excluding hydrogens is 252 g/mol. The molecule has 1 aliphatic rings. The van der Waals surface area contributed by atoms with Crippen molar-refractivity contribution < 1.29 is 9.47 Å². The summed E-state index contributed by atoms with van der Waals surface area (Å²) in [5, 5.41) is 0. The zero-order valence-electron chi connectivity index (χ0n) is 11.7. The molecule has 0 bridgehead atoms. The van der Waals surface area contributed by atoms with Gasteiger partial charge in [0.05, 0.1) is 19.9 Å². The predicted octanol–water partition coefficient (Wildman–Crippen LogP) is 2.81. The van der Waals surface area contributed by atoms with Crippen molar-refractivity contribution in [3.05, 3.63) is 47.5 Å². The first kappa shape index (κ1) is 12.7. The van der Waals surface area contributed by atoms with Crippen LogP contribution in [-0.4, -0.2) is 14.2 Å². The van der Waals surface area contributed by atoms with Crippen molar-refractivity contribution >= 4 is 11.4 Å². The molecule has 0 aliphatic carbocycles. The summed E-state index contributed by atoms with van der Waals surface area (Å²) in [6, 6.07) is 11.9. The lowest BCUT2D eigenvalue weighted by molar-refractivity contribution is 0.403. The smallest absolute Gasteiger partial charge is 0.142 e. The van der Waals surface area contributed by atoms with E-state index >= 15 is 0 Å². The van der Waals surface area contributed by atoms with Crippen LogP contribution in [0.3, 0.4) is 0 Å². The summed E-state index contributed by atoms with van der Waals surface area (Å²) >= 11 is 0. The molecule has 4 heteroatoms. The monoisotopic (exact) mass is 270 g/mol. The Morgan fingerprint density at radius 1 is 1.05 bits per heavy atom. The van der Waals surface area contributed by atoms with Crippen molar-refractivity contribution in [1.82, 2.24) is 0 Å². The first-order valence-corrected chi connectivity index (χ1v) is 6.56. The van der Waals surface area contributed by atoms with E-state index < -0.39 is 0 Å². The summed E-state index contributed by atoms with van der Waals surface area (Å²) < 4.78 is 10.8. The standard InChI is InChI=1S/C16H18N2O2/c1-19-12-6-7-16(20-2)15(8-12)18-9-11-4-3-5-14(17)13(11)10-18/h3-8H,9-10,17H2,1-2H3. The summed E-state index contributed by atoms with van der Waals surface area (Å²) in [4.78, 5) is 2.25. The molecule has 0 fully saturated rings. The fourth-order valence-electron chi connectivity index (χ4n) is 2.66. The highest BCUT2D eigenvalue weighted by atomic mass is 16.5. The van der Waals surface area contributed by atoms with E-state index in [1.807, 2.05) is 30.3 Å². The van der Waals surface area contributed by atoms with Gasteiger partial charge in [-0.15, -0.1) is 0 Å². The summed E-state index contributed by atoms with van der Waals surface area (Å²) in [6.07, 6.45) is 0. The van der Waals surface area contributed by atoms with E-state index in [1.165, 1.54) is 11.1 Å². The highest BCUT2D eigenvalue weighted by molar-refractivity contribution is 5.66. The molecule has 0 unspecified atom stereocenters. The Balaban J connectivity index is 1.98. The van der Waals surface area contributed by atoms with Crippen molar-refractivity contribution in [3.8, 4) is 11.5 Å². The SMILES string of the molecule is COc1ccc(OC)c(N2Cc3cccc(N)c3C2)c1. The molecule has 0 aromatic heterocycles. The molecule has 0 saturated carbocycles. The molecule has 104 valence electrons. The fourth-order valence-corrected chi connectivity index (χ4v) is 2.66. The normalized spacial score (nSPS) is 13.2. The second-order valence-electron chi connectivity index (χ2n) is 4.88. The predicted molar refractivity (Wildman–Crippen MR) is 80.3 cm³/mol. The van der Waals surface area contributed by atoms with Crippen LogP contribution in [0.2, 0.25) is 0 Å². The van der Waals surface area contributed by atoms with E-state index in [2.05, 4.69) is 11.0 Å². The molecule has 2 N–H and O–H groups in total. The van der Waals surface area contributed by atoms with E-state index in [4.69, 9.17) is 15.2 Å². The molecule has 4 nitrogen and oxygen atoms in total. The van der Waals surface area contributed by atoms with Crippen molar-refractivity contribution in [2.45, 2.75) is 13.1 Å². The Labute approximate surface area is 118 Å². The first-order chi connectivity index (χ1) is 9.72. The molecular formula is C16H18N2O2. The maximum absolute atomic E-state index is 6.06. The summed E-state index contributed by atoms with van der Waals surface area (Å²) in [5.41, 5.74) is 10.4. The van der Waals surface area contributed by atoms with Gasteiger partial charge in [0.15, 0.2) is 0 Å². The van der Waals surface area contributed by atoms with Gasteiger partial charge in [0.25, 0.3) is 0 Å². The van der Waals surface area contributed by atoms with E-state index in [0.29, 0.717) is 0 Å². The van der Waals surface area contributed by atoms with Gasteiger partial charge in [-0.2, -0.15) is 0 Å². The van der Waals surface area contributed by atoms with E-state index in [1.54, 1.807) is 14.2 Å². The average Bonchev–Trinajstić information content (AvgIpc) is 2.92. The summed E-state index contributed by atoms with van der Waals surface area (Å²) in [6.45, 7) is 1.63. The van der Waals surface area contributed by atoms with Crippen LogP contribution < -0.4 is 20.1 Å². The average molecular weight is 270 g/mol. The minimum atomic E-state index is 0.797. The van der Waals surface area contributed by atoms with Crippen LogP contribution in [0.4, 0.5) is 11.4 Å². The number of benzene rings is 2. The zero-order chi connectivity index (χ0) is 14.1. The quantitative estimate of drug-likeness (QED) is 0.871. The molecule has 3 rings (SSSR count). The zero-order valence-corrected chi connectivity index (χ0v) is 11.7. The Morgan fingerprint density at radius 2 is 1.90 bits per heavy atom. The summed E-state index contributed by atoms with van der Waals surface area (Å²) in [7, 11) is 3.35. The van der Waals surface area contributed by atoms with Crippen LogP contribution in [0.1, 0.15) is 11.1 Å². The molecule has 1 aliphatic heterocycles. The molecule has 0 saturated heterocycles. The lowest BCUT2D eigenvalue weighted by Crippen LogP contribution is -2.15. The van der Waals surface area contributed by atoms with Gasteiger partial charge in [0.1, 0.15) is 11.5 Å². The third-order valence-electron chi connectivity index (χ3n) is 3.75. The molecule has 0 spiro atoms. The number of hydrogen-bond donors (Lipinski definition) is 1. The van der Waals surface area contributed by atoms with Crippen LogP contribution in [0, 0.1) is 0 Å². The van der Waals surface area contributed by atoms with Gasteiger partial charge < -0.3 is 20.1 Å². The van der Waals surface area contributed by atoms with E-state index in [9.17, 15) is 0 Å². The third-order valence-corrected chi connectivity index (χ3v) is 3.75. The first-order valence-electron chi connectivity index (χ1n) is 6.56. The number of ether oxygens (including phenoxy) is 2. The van der Waals surface area contributed by atoms with Gasteiger partial charge in [-0.3, -0.25) is 0 Å². The number of rotatable bonds is 3. The van der Waals surface area contributed by atoms with Crippen LogP contribution >= 0.6 is 0 Å². The molecule has 20 heavy (non-hydrogen) atoms. The van der Waals surface area contributed by atoms with E-state index in [0.717, 1.165) is 36.0 Å². The second-order valence-corrected chi connectivity index (χ2v) is 4.88. The Kier molecular flexibility index (Phi) is 3.14. The van der Waals surface area contributed by atoms with Gasteiger partial charge in [0, 0.05) is 24.8 Å². The summed E-state index contributed by atoms with van der Waals surface area (Å²) in [5.74, 6) is 1.67. The number of anilines is 2. The number of hydrogen-bond acceptors (Lipinski definition) is 4. The second kappa shape index (κ2) is 4.96. The topological polar surface area (TPSA) is 47.7 Å². The van der Waals surface area contributed by atoms with Crippen molar-refractivity contribution in [1.29, 1.82) is 0 Å². The van der Waals surface area contributed by atoms with Gasteiger partial charge in [0.2, 0.25) is 0 Å². The third kappa shape index (κ3) is 2.03. The van der Waals surface area contributed by atoms with Gasteiger partial charge in [-0.05, 0) is 29.3 Å². The van der Waals surface area contributed by atoms with Crippen molar-refractivity contribution in [2.24, 2.45) is 0 Å². The Hall–Kier alpha value is -2.36. The Bertz CT molecular complexity index is 640. The van der Waals surface area contributed by atoms with E-state index in [-0.39, 0.29) is 0 Å². The van der Waals surface area contributed by atoms with Crippen LogP contribution in [-0.2, 0) is 13.1 Å². The minimum Gasteiger partial charge on any atom is -0.497 e. The number of nitrogens with zero attached hydrogens (tertiary/aromatic N) is 1. The molecule has 0 amide bonds. The van der Waals surface area contributed by atoms with Gasteiger partial charge >= 0.3 is 0 Å². The van der Waals surface area contributed by atoms with Gasteiger partial charge in [-0.1, -0.05) is 12.1 Å². The minimum absolute atomic E-state index is 0.797. The largest absolute Gasteiger partial charge is 0.497 e. The number of methoxy groups -OCH3 is 2. The molecule has 2 aromatic carbocycles. The van der Waals surface area contributed by atoms with Crippen LogP contribution in [0.5, 0.6) is 11.5 Å². The van der Waals surface area contributed by atoms with Crippen molar-refractivity contribution in [3.63, 3.8) is 0 Å². The maximum Gasteiger partial charge on any atom is 0.142 e. The maximum atomic E-state index is 6.06. The molecule has 1 heterocycles.